The van der Waals surface area contributed by atoms with E-state index in [0.29, 0.717) is 32.5 Å². The summed E-state index contributed by atoms with van der Waals surface area (Å²) in [6.45, 7) is 11.0. The van der Waals surface area contributed by atoms with Gasteiger partial charge >= 0.3 is 6.03 Å². The van der Waals surface area contributed by atoms with Crippen molar-refractivity contribution in [3.63, 3.8) is 0 Å². The summed E-state index contributed by atoms with van der Waals surface area (Å²) in [5.74, 6) is 0. The second-order valence-electron chi connectivity index (χ2n) is 5.82. The Balaban J connectivity index is 2.34. The second kappa shape index (κ2) is 8.60. The Morgan fingerprint density at radius 1 is 1.33 bits per heavy atom. The highest BCUT2D eigenvalue weighted by atomic mass is 32.1. The molecule has 0 radical (unpaired) electrons. The largest absolute Gasteiger partial charge is 0.329 e. The summed E-state index contributed by atoms with van der Waals surface area (Å²) >= 11 is 1.62. The maximum absolute atomic E-state index is 12.8. The van der Waals surface area contributed by atoms with E-state index < -0.39 is 0 Å². The molecular weight excluding hydrogens is 327 g/mol. The smallest absolute Gasteiger partial charge is 0.329 e. The van der Waals surface area contributed by atoms with Gasteiger partial charge in [0.25, 0.3) is 0 Å². The fourth-order valence-electron chi connectivity index (χ4n) is 2.92. The van der Waals surface area contributed by atoms with Gasteiger partial charge in [-0.25, -0.2) is 4.79 Å². The van der Waals surface area contributed by atoms with E-state index in [4.69, 9.17) is 5.73 Å². The van der Waals surface area contributed by atoms with E-state index in [1.165, 1.54) is 4.88 Å². The molecule has 1 aliphatic rings. The number of hydrogen-bond acceptors (Lipinski definition) is 4. The number of carbonyl (C=O) groups excluding carboxylic acids is 1. The summed E-state index contributed by atoms with van der Waals surface area (Å²) in [4.78, 5) is 17.5. The third kappa shape index (κ3) is 3.63. The van der Waals surface area contributed by atoms with Crippen LogP contribution in [0.4, 0.5) is 14.2 Å². The number of nitrogens with one attached hydrogen (secondary N) is 1. The number of anilines is 1. The van der Waals surface area contributed by atoms with Gasteiger partial charge in [0, 0.05) is 48.9 Å². The second-order valence-corrected chi connectivity index (χ2v) is 6.90. The normalized spacial score (nSPS) is 14.5. The van der Waals surface area contributed by atoms with E-state index in [1.807, 2.05) is 6.92 Å². The van der Waals surface area contributed by atoms with Crippen molar-refractivity contribution >= 4 is 28.1 Å². The summed E-state index contributed by atoms with van der Waals surface area (Å²) in [6.07, 6.45) is 1.13. The number of alkyl halides is 1. The lowest BCUT2D eigenvalue weighted by Crippen LogP contribution is -2.46. The molecule has 0 saturated heterocycles. The van der Waals surface area contributed by atoms with Gasteiger partial charge in [-0.1, -0.05) is 6.58 Å². The topological polar surface area (TPSA) is 61.6 Å². The molecule has 24 heavy (non-hydrogen) atoms. The molecule has 5 nitrogen and oxygen atoms in total. The number of carbonyl (C=O) groups is 1. The van der Waals surface area contributed by atoms with Gasteiger partial charge in [0.15, 0.2) is 0 Å². The minimum Gasteiger partial charge on any atom is -0.329 e. The number of urea groups is 1. The molecule has 0 fully saturated rings. The molecule has 0 aliphatic carbocycles. The molecule has 2 rings (SSSR count). The fraction of sp³-hybridized carbons (Fsp3) is 0.588. The van der Waals surface area contributed by atoms with Gasteiger partial charge in [0.1, 0.15) is 5.00 Å². The predicted octanol–water partition coefficient (Wildman–Crippen LogP) is 3.09. The lowest BCUT2D eigenvalue weighted by Gasteiger charge is -2.36. The van der Waals surface area contributed by atoms with Crippen molar-refractivity contribution in [1.82, 2.24) is 10.2 Å². The van der Waals surface area contributed by atoms with Gasteiger partial charge in [0.05, 0.1) is 6.67 Å². The van der Waals surface area contributed by atoms with Crippen molar-refractivity contribution in [3.05, 3.63) is 22.6 Å². The van der Waals surface area contributed by atoms with Gasteiger partial charge in [-0.05, 0) is 32.3 Å². The van der Waals surface area contributed by atoms with Crippen LogP contribution >= 0.6 is 11.3 Å². The van der Waals surface area contributed by atoms with Crippen molar-refractivity contribution in [3.8, 4) is 0 Å². The van der Waals surface area contributed by atoms with E-state index in [2.05, 4.69) is 18.8 Å². The molecule has 1 aliphatic heterocycles. The number of unbranched alkanes of at least 4 members (excludes halogenated alkanes) is 1. The summed E-state index contributed by atoms with van der Waals surface area (Å²) in [6, 6.07) is -0.0587. The van der Waals surface area contributed by atoms with Gasteiger partial charge < -0.3 is 11.1 Å². The molecule has 0 bridgehead atoms. The van der Waals surface area contributed by atoms with Crippen LogP contribution in [-0.4, -0.2) is 43.8 Å². The Bertz CT molecular complexity index is 602. The van der Waals surface area contributed by atoms with E-state index in [1.54, 1.807) is 21.1 Å². The standard InChI is InChI=1S/C17H27FN4OS/c1-4-21-13(3)15-12(2)14(11-20-9-8-19)24-16(15)22(17(21)23)10-6-5-7-18/h20H,3-11,19H2,1-2H3. The first kappa shape index (κ1) is 18.9. The zero-order valence-electron chi connectivity index (χ0n) is 14.5. The highest BCUT2D eigenvalue weighted by Crippen LogP contribution is 2.44. The van der Waals surface area contributed by atoms with Gasteiger partial charge in [0.2, 0.25) is 0 Å². The number of amides is 2. The van der Waals surface area contributed by atoms with Crippen LogP contribution in [0, 0.1) is 6.92 Å². The Labute approximate surface area is 147 Å². The maximum Gasteiger partial charge on any atom is 0.329 e. The Morgan fingerprint density at radius 2 is 2.08 bits per heavy atom. The van der Waals surface area contributed by atoms with Crippen LogP contribution in [0.3, 0.4) is 0 Å². The van der Waals surface area contributed by atoms with Gasteiger partial charge in [-0.15, -0.1) is 11.3 Å². The Morgan fingerprint density at radius 3 is 2.71 bits per heavy atom. The summed E-state index contributed by atoms with van der Waals surface area (Å²) in [5.41, 5.74) is 8.50. The molecule has 2 amide bonds. The van der Waals surface area contributed by atoms with E-state index in [9.17, 15) is 9.18 Å². The number of hydrogen-bond donors (Lipinski definition) is 2. The van der Waals surface area contributed by atoms with Crippen molar-refractivity contribution < 1.29 is 9.18 Å². The minimum atomic E-state index is -0.350. The molecule has 134 valence electrons. The third-order valence-electron chi connectivity index (χ3n) is 4.24. The zero-order valence-corrected chi connectivity index (χ0v) is 15.3. The Hall–Kier alpha value is -1.44. The molecule has 0 saturated carbocycles. The number of nitrogens with zero attached hydrogens (tertiary/aromatic N) is 2. The summed E-state index contributed by atoms with van der Waals surface area (Å²) < 4.78 is 12.4. The van der Waals surface area contributed by atoms with Crippen LogP contribution in [0.5, 0.6) is 0 Å². The number of thiophene rings is 1. The third-order valence-corrected chi connectivity index (χ3v) is 5.55. The molecule has 0 atom stereocenters. The molecule has 0 aromatic carbocycles. The monoisotopic (exact) mass is 354 g/mol. The SMILES string of the molecule is C=C1c2c(sc(CNCCN)c2C)N(CCCCF)C(=O)N1CC. The van der Waals surface area contributed by atoms with Crippen LogP contribution in [0.25, 0.3) is 5.70 Å². The molecular formula is C17H27FN4OS. The predicted molar refractivity (Wildman–Crippen MR) is 99.2 cm³/mol. The van der Waals surface area contributed by atoms with Crippen LogP contribution in [0.2, 0.25) is 0 Å². The van der Waals surface area contributed by atoms with Crippen LogP contribution < -0.4 is 16.0 Å². The number of halogens is 1. The minimum absolute atomic E-state index is 0.0587. The molecule has 1 aromatic rings. The number of fused-ring (bicyclic) bond motifs is 1. The lowest BCUT2D eigenvalue weighted by atomic mass is 10.1. The van der Waals surface area contributed by atoms with Crippen LogP contribution in [0.1, 0.15) is 35.8 Å². The van der Waals surface area contributed by atoms with E-state index in [0.717, 1.165) is 34.9 Å². The van der Waals surface area contributed by atoms with Gasteiger partial charge in [-0.2, -0.15) is 0 Å². The zero-order chi connectivity index (χ0) is 17.7. The summed E-state index contributed by atoms with van der Waals surface area (Å²) in [5, 5.41) is 4.25. The average Bonchev–Trinajstić information content (AvgIpc) is 2.88. The van der Waals surface area contributed by atoms with Crippen molar-refractivity contribution in [1.29, 1.82) is 0 Å². The van der Waals surface area contributed by atoms with E-state index >= 15 is 0 Å². The van der Waals surface area contributed by atoms with Crippen molar-refractivity contribution in [2.75, 3.05) is 37.8 Å². The molecule has 0 spiro atoms. The first-order valence-electron chi connectivity index (χ1n) is 8.44. The lowest BCUT2D eigenvalue weighted by molar-refractivity contribution is 0.224. The van der Waals surface area contributed by atoms with E-state index in [-0.39, 0.29) is 12.7 Å². The highest BCUT2D eigenvalue weighted by Gasteiger charge is 2.35. The average molecular weight is 354 g/mol. The molecule has 2 heterocycles. The van der Waals surface area contributed by atoms with Crippen molar-refractivity contribution in [2.45, 2.75) is 33.2 Å². The number of nitrogens with two attached hydrogens (primary N) is 1. The molecule has 3 N–H and O–H groups in total. The maximum atomic E-state index is 12.8. The van der Waals surface area contributed by atoms with Crippen LogP contribution in [-0.2, 0) is 6.54 Å². The fourth-order valence-corrected chi connectivity index (χ4v) is 4.23. The number of rotatable bonds is 9. The summed E-state index contributed by atoms with van der Waals surface area (Å²) in [7, 11) is 0. The highest BCUT2D eigenvalue weighted by molar-refractivity contribution is 7.17. The molecule has 0 unspecified atom stereocenters. The first-order chi connectivity index (χ1) is 11.6. The van der Waals surface area contributed by atoms with Crippen LogP contribution in [0.15, 0.2) is 6.58 Å². The van der Waals surface area contributed by atoms with Crippen molar-refractivity contribution in [2.24, 2.45) is 5.73 Å². The molecule has 1 aromatic heterocycles. The Kier molecular flexibility index (Phi) is 6.77. The quantitative estimate of drug-likeness (QED) is 0.670. The first-order valence-corrected chi connectivity index (χ1v) is 9.25. The molecule has 7 heteroatoms. The van der Waals surface area contributed by atoms with Gasteiger partial charge in [-0.3, -0.25) is 14.2 Å².